The fraction of sp³-hybridized carbons (Fsp3) is 0.267. The fourth-order valence-electron chi connectivity index (χ4n) is 5.03. The molecule has 7 nitrogen and oxygen atoms in total. The van der Waals surface area contributed by atoms with Gasteiger partial charge in [0.1, 0.15) is 17.1 Å². The lowest BCUT2D eigenvalue weighted by molar-refractivity contribution is -0.118. The summed E-state index contributed by atoms with van der Waals surface area (Å²) in [4.78, 5) is 19.9. The summed E-state index contributed by atoms with van der Waals surface area (Å²) in [5.74, 6) is 3.28. The lowest BCUT2D eigenvalue weighted by Crippen LogP contribution is -2.34. The molecule has 1 fully saturated rings. The Labute approximate surface area is 216 Å². The minimum Gasteiger partial charge on any atom is -0.481 e. The van der Waals surface area contributed by atoms with Crippen molar-refractivity contribution in [2.24, 2.45) is 5.92 Å². The first kappa shape index (κ1) is 23.2. The third-order valence-corrected chi connectivity index (χ3v) is 6.99. The smallest absolute Gasteiger partial charge is 0.262 e. The van der Waals surface area contributed by atoms with Gasteiger partial charge in [0.15, 0.2) is 18.1 Å². The summed E-state index contributed by atoms with van der Waals surface area (Å²) in [7, 11) is 0. The SMILES string of the molecule is O=C(COc1cccc2ccc(N3CCC(Cc4ccccc4)CC3)nc12)Nc1ccc2c(c1)OCO2. The summed E-state index contributed by atoms with van der Waals surface area (Å²) in [6.07, 6.45) is 3.42. The van der Waals surface area contributed by atoms with Crippen molar-refractivity contribution < 1.29 is 19.0 Å². The van der Waals surface area contributed by atoms with Gasteiger partial charge >= 0.3 is 0 Å². The van der Waals surface area contributed by atoms with Crippen LogP contribution in [0, 0.1) is 5.92 Å². The number of carbonyl (C=O) groups is 1. The van der Waals surface area contributed by atoms with Gasteiger partial charge in [-0.1, -0.05) is 42.5 Å². The van der Waals surface area contributed by atoms with E-state index >= 15 is 0 Å². The molecule has 0 atom stereocenters. The van der Waals surface area contributed by atoms with Gasteiger partial charge in [-0.15, -0.1) is 0 Å². The largest absolute Gasteiger partial charge is 0.481 e. The molecule has 2 aliphatic rings. The second-order valence-corrected chi connectivity index (χ2v) is 9.52. The van der Waals surface area contributed by atoms with Crippen LogP contribution >= 0.6 is 0 Å². The Kier molecular flexibility index (Phi) is 6.50. The monoisotopic (exact) mass is 495 g/mol. The van der Waals surface area contributed by atoms with Crippen LogP contribution in [0.4, 0.5) is 11.5 Å². The van der Waals surface area contributed by atoms with Crippen molar-refractivity contribution >= 4 is 28.3 Å². The van der Waals surface area contributed by atoms with Gasteiger partial charge in [-0.05, 0) is 61.1 Å². The number of fused-ring (bicyclic) bond motifs is 2. The Morgan fingerprint density at radius 3 is 2.65 bits per heavy atom. The molecule has 3 heterocycles. The van der Waals surface area contributed by atoms with E-state index < -0.39 is 0 Å². The lowest BCUT2D eigenvalue weighted by Gasteiger charge is -2.33. The Hall–Kier alpha value is -4.26. The van der Waals surface area contributed by atoms with E-state index in [0.29, 0.717) is 28.9 Å². The Morgan fingerprint density at radius 2 is 1.78 bits per heavy atom. The van der Waals surface area contributed by atoms with Crippen LogP contribution in [-0.4, -0.2) is 37.4 Å². The molecule has 37 heavy (non-hydrogen) atoms. The first-order chi connectivity index (χ1) is 18.2. The summed E-state index contributed by atoms with van der Waals surface area (Å²) in [5, 5.41) is 3.83. The standard InChI is InChI=1S/C30H29N3O4/c34-29(31-24-10-11-25-27(18-24)37-20-36-25)19-35-26-8-4-7-23-9-12-28(32-30(23)26)33-15-13-22(14-16-33)17-21-5-2-1-3-6-21/h1-12,18,22H,13-17,19-20H2,(H,31,34). The second-order valence-electron chi connectivity index (χ2n) is 9.52. The molecule has 0 saturated carbocycles. The highest BCUT2D eigenvalue weighted by Crippen LogP contribution is 2.34. The molecule has 188 valence electrons. The number of pyridine rings is 1. The van der Waals surface area contributed by atoms with Crippen LogP contribution in [-0.2, 0) is 11.2 Å². The number of piperidine rings is 1. The minimum atomic E-state index is -0.257. The third kappa shape index (κ3) is 5.31. The number of para-hydroxylation sites is 1. The first-order valence-corrected chi connectivity index (χ1v) is 12.7. The van der Waals surface area contributed by atoms with Crippen LogP contribution in [0.25, 0.3) is 10.9 Å². The highest BCUT2D eigenvalue weighted by molar-refractivity contribution is 5.93. The molecular weight excluding hydrogens is 466 g/mol. The molecular formula is C30H29N3O4. The maximum absolute atomic E-state index is 12.6. The van der Waals surface area contributed by atoms with Gasteiger partial charge in [-0.3, -0.25) is 4.79 Å². The van der Waals surface area contributed by atoms with E-state index in [9.17, 15) is 4.79 Å². The average molecular weight is 496 g/mol. The summed E-state index contributed by atoms with van der Waals surface area (Å²) in [6.45, 7) is 2.04. The zero-order valence-electron chi connectivity index (χ0n) is 20.6. The van der Waals surface area contributed by atoms with Gasteiger partial charge in [0.05, 0.1) is 0 Å². The number of nitrogens with one attached hydrogen (secondary N) is 1. The predicted molar refractivity (Wildman–Crippen MR) is 144 cm³/mol. The quantitative estimate of drug-likeness (QED) is 0.368. The number of carbonyl (C=O) groups excluding carboxylic acids is 1. The molecule has 0 spiro atoms. The molecule has 2 aliphatic heterocycles. The Bertz CT molecular complexity index is 1400. The zero-order chi connectivity index (χ0) is 25.0. The number of benzene rings is 3. The average Bonchev–Trinajstić information content (AvgIpc) is 3.41. The van der Waals surface area contributed by atoms with Crippen molar-refractivity contribution in [1.29, 1.82) is 0 Å². The minimum absolute atomic E-state index is 0.121. The number of rotatable bonds is 7. The summed E-state index contributed by atoms with van der Waals surface area (Å²) in [5.41, 5.74) is 2.81. The van der Waals surface area contributed by atoms with Crippen LogP contribution in [0.2, 0.25) is 0 Å². The van der Waals surface area contributed by atoms with Crippen LogP contribution in [0.5, 0.6) is 17.2 Å². The van der Waals surface area contributed by atoms with Gasteiger partial charge < -0.3 is 24.4 Å². The summed E-state index contributed by atoms with van der Waals surface area (Å²) < 4.78 is 16.6. The number of ether oxygens (including phenoxy) is 3. The number of nitrogens with zero attached hydrogens (tertiary/aromatic N) is 2. The number of anilines is 2. The molecule has 6 rings (SSSR count). The van der Waals surface area contributed by atoms with E-state index in [0.717, 1.165) is 49.1 Å². The van der Waals surface area contributed by atoms with Crippen molar-refractivity contribution in [1.82, 2.24) is 4.98 Å². The highest BCUT2D eigenvalue weighted by atomic mass is 16.7. The van der Waals surface area contributed by atoms with Crippen LogP contribution in [0.15, 0.2) is 78.9 Å². The van der Waals surface area contributed by atoms with E-state index in [4.69, 9.17) is 19.2 Å². The van der Waals surface area contributed by atoms with Crippen LogP contribution in [0.3, 0.4) is 0 Å². The molecule has 0 bridgehead atoms. The van der Waals surface area contributed by atoms with Crippen LogP contribution < -0.4 is 24.4 Å². The fourth-order valence-corrected chi connectivity index (χ4v) is 5.03. The highest BCUT2D eigenvalue weighted by Gasteiger charge is 2.21. The Morgan fingerprint density at radius 1 is 0.946 bits per heavy atom. The molecule has 1 N–H and O–H groups in total. The summed E-state index contributed by atoms with van der Waals surface area (Å²) >= 11 is 0. The van der Waals surface area contributed by atoms with Gasteiger partial charge in [0.25, 0.3) is 5.91 Å². The van der Waals surface area contributed by atoms with E-state index in [1.54, 1.807) is 18.2 Å². The van der Waals surface area contributed by atoms with Crippen molar-refractivity contribution in [2.45, 2.75) is 19.3 Å². The number of amides is 1. The van der Waals surface area contributed by atoms with Gasteiger partial charge in [0.2, 0.25) is 6.79 Å². The van der Waals surface area contributed by atoms with Gasteiger partial charge in [-0.2, -0.15) is 0 Å². The molecule has 7 heteroatoms. The molecule has 3 aromatic carbocycles. The normalized spacial score (nSPS) is 15.1. The van der Waals surface area contributed by atoms with Crippen molar-refractivity contribution in [3.63, 3.8) is 0 Å². The number of hydrogen-bond donors (Lipinski definition) is 1. The molecule has 0 unspecified atom stereocenters. The summed E-state index contributed by atoms with van der Waals surface area (Å²) in [6, 6.07) is 26.0. The van der Waals surface area contributed by atoms with E-state index in [1.165, 1.54) is 5.56 Å². The van der Waals surface area contributed by atoms with Crippen molar-refractivity contribution in [3.05, 3.63) is 84.4 Å². The topological polar surface area (TPSA) is 72.9 Å². The van der Waals surface area contributed by atoms with Crippen LogP contribution in [0.1, 0.15) is 18.4 Å². The first-order valence-electron chi connectivity index (χ1n) is 12.7. The molecule has 1 saturated heterocycles. The number of aromatic nitrogens is 1. The molecule has 0 aliphatic carbocycles. The predicted octanol–water partition coefficient (Wildman–Crippen LogP) is 5.44. The third-order valence-electron chi connectivity index (χ3n) is 6.99. The van der Waals surface area contributed by atoms with E-state index in [1.807, 2.05) is 18.2 Å². The Balaban J connectivity index is 1.09. The van der Waals surface area contributed by atoms with E-state index in [2.05, 4.69) is 52.7 Å². The zero-order valence-corrected chi connectivity index (χ0v) is 20.6. The van der Waals surface area contributed by atoms with Gasteiger partial charge in [-0.25, -0.2) is 4.98 Å². The van der Waals surface area contributed by atoms with Crippen molar-refractivity contribution in [2.75, 3.05) is 36.7 Å². The molecule has 0 radical (unpaired) electrons. The van der Waals surface area contributed by atoms with Crippen molar-refractivity contribution in [3.8, 4) is 17.2 Å². The molecule has 1 amide bonds. The maximum Gasteiger partial charge on any atom is 0.262 e. The van der Waals surface area contributed by atoms with E-state index in [-0.39, 0.29) is 19.3 Å². The van der Waals surface area contributed by atoms with Gasteiger partial charge in [0, 0.05) is 30.2 Å². The molecule has 4 aromatic rings. The second kappa shape index (κ2) is 10.4. The number of hydrogen-bond acceptors (Lipinski definition) is 6. The molecule has 1 aromatic heterocycles. The maximum atomic E-state index is 12.6. The lowest BCUT2D eigenvalue weighted by atomic mass is 9.90.